The van der Waals surface area contributed by atoms with Crippen molar-refractivity contribution >= 4 is 23.9 Å². The number of rotatable bonds is 9. The predicted molar refractivity (Wildman–Crippen MR) is 93.6 cm³/mol. The fourth-order valence-corrected chi connectivity index (χ4v) is 1.79. The summed E-state index contributed by atoms with van der Waals surface area (Å²) in [5, 5.41) is 0. The summed E-state index contributed by atoms with van der Waals surface area (Å²) in [6.07, 6.45) is -4.56. The molecule has 0 bridgehead atoms. The van der Waals surface area contributed by atoms with Crippen molar-refractivity contribution in [3.8, 4) is 0 Å². The fraction of sp³-hybridized carbons (Fsp3) is 0.778. The second-order valence-corrected chi connectivity index (χ2v) is 6.86. The lowest BCUT2D eigenvalue weighted by Crippen LogP contribution is -2.38. The average molecular weight is 390 g/mol. The van der Waals surface area contributed by atoms with Crippen LogP contribution in [-0.4, -0.2) is 60.5 Å². The summed E-state index contributed by atoms with van der Waals surface area (Å²) in [4.78, 5) is 47.2. The Morgan fingerprint density at radius 1 is 0.667 bits per heavy atom. The lowest BCUT2D eigenvalue weighted by atomic mass is 10.2. The van der Waals surface area contributed by atoms with Crippen LogP contribution in [0.15, 0.2) is 0 Å². The molecule has 4 unspecified atom stereocenters. The van der Waals surface area contributed by atoms with Gasteiger partial charge in [-0.3, -0.25) is 0 Å². The van der Waals surface area contributed by atoms with Crippen LogP contribution in [0.1, 0.15) is 55.4 Å². The smallest absolute Gasteiger partial charge is 0.347 e. The van der Waals surface area contributed by atoms with E-state index < -0.39 is 53.9 Å². The van der Waals surface area contributed by atoms with E-state index in [9.17, 15) is 19.2 Å². The molecule has 0 heterocycles. The second-order valence-electron chi connectivity index (χ2n) is 6.86. The molecule has 0 aromatic heterocycles. The quantitative estimate of drug-likeness (QED) is 0.427. The molecule has 9 heteroatoms. The normalized spacial score (nSPS) is 15.7. The van der Waals surface area contributed by atoms with E-state index in [2.05, 4.69) is 0 Å². The maximum Gasteiger partial charge on any atom is 0.347 e. The van der Waals surface area contributed by atoms with E-state index in [0.717, 1.165) is 0 Å². The lowest BCUT2D eigenvalue weighted by molar-refractivity contribution is -0.186. The minimum atomic E-state index is -1.29. The molecule has 0 amide bonds. The summed E-state index contributed by atoms with van der Waals surface area (Å²) < 4.78 is 24.9. The van der Waals surface area contributed by atoms with Gasteiger partial charge in [0.15, 0.2) is 24.4 Å². The van der Waals surface area contributed by atoms with Gasteiger partial charge in [0.2, 0.25) is 0 Å². The van der Waals surface area contributed by atoms with Crippen LogP contribution in [0, 0.1) is 0 Å². The van der Waals surface area contributed by atoms with Crippen molar-refractivity contribution in [2.45, 2.75) is 85.4 Å². The van der Waals surface area contributed by atoms with Crippen LogP contribution in [0.2, 0.25) is 0 Å². The minimum Gasteiger partial charge on any atom is -0.463 e. The molecule has 0 fully saturated rings. The van der Waals surface area contributed by atoms with Crippen LogP contribution in [0.25, 0.3) is 0 Å². The van der Waals surface area contributed by atoms with Gasteiger partial charge < -0.3 is 23.7 Å². The van der Waals surface area contributed by atoms with Gasteiger partial charge in [0.25, 0.3) is 0 Å². The van der Waals surface area contributed by atoms with E-state index in [1.165, 1.54) is 27.7 Å². The molecule has 156 valence electrons. The Labute approximate surface area is 159 Å². The number of hydrogen-bond donors (Lipinski definition) is 0. The van der Waals surface area contributed by atoms with E-state index in [-0.39, 0.29) is 6.61 Å². The summed E-state index contributed by atoms with van der Waals surface area (Å²) in [6.45, 7) is 12.5. The van der Waals surface area contributed by atoms with E-state index in [1.54, 1.807) is 27.7 Å². The maximum atomic E-state index is 12.0. The number of hydrogen-bond acceptors (Lipinski definition) is 9. The Kier molecular flexibility index (Phi) is 9.99. The van der Waals surface area contributed by atoms with E-state index in [0.29, 0.717) is 0 Å². The largest absolute Gasteiger partial charge is 0.463 e. The summed E-state index contributed by atoms with van der Waals surface area (Å²) in [6, 6.07) is 0. The van der Waals surface area contributed by atoms with Gasteiger partial charge in [-0.2, -0.15) is 0 Å². The van der Waals surface area contributed by atoms with E-state index >= 15 is 0 Å². The molecule has 0 aromatic rings. The van der Waals surface area contributed by atoms with Gasteiger partial charge in [-0.25, -0.2) is 19.2 Å². The van der Waals surface area contributed by atoms with Crippen LogP contribution in [0.5, 0.6) is 0 Å². The zero-order chi connectivity index (χ0) is 21.4. The van der Waals surface area contributed by atoms with Crippen molar-refractivity contribution in [1.29, 1.82) is 0 Å². The highest BCUT2D eigenvalue weighted by atomic mass is 16.6. The first-order chi connectivity index (χ1) is 12.3. The highest BCUT2D eigenvalue weighted by Crippen LogP contribution is 2.13. The van der Waals surface area contributed by atoms with Gasteiger partial charge in [-0.1, -0.05) is 0 Å². The average Bonchev–Trinajstić information content (AvgIpc) is 2.52. The summed E-state index contributed by atoms with van der Waals surface area (Å²) in [5.41, 5.74) is -0.559. The van der Waals surface area contributed by atoms with Crippen molar-refractivity contribution < 1.29 is 42.9 Å². The third-order valence-corrected chi connectivity index (χ3v) is 3.02. The maximum absolute atomic E-state index is 12.0. The minimum absolute atomic E-state index is 0.144. The van der Waals surface area contributed by atoms with Gasteiger partial charge in [-0.15, -0.1) is 0 Å². The Balaban J connectivity index is 4.54. The molecular formula is C18H30O9. The molecule has 0 spiro atoms. The standard InChI is InChI=1S/C18H30O9/c1-9-23-14(19)10(2)24-15(20)11(3)25-16(21)12(4)26-17(22)13(5)27-18(6,7)8/h10-13H,9H2,1-8H3. The molecule has 0 aliphatic carbocycles. The van der Waals surface area contributed by atoms with E-state index in [1.807, 2.05) is 0 Å². The zero-order valence-electron chi connectivity index (χ0n) is 17.2. The lowest BCUT2D eigenvalue weighted by Gasteiger charge is -2.25. The molecule has 0 aromatic carbocycles. The van der Waals surface area contributed by atoms with Gasteiger partial charge in [0.1, 0.15) is 0 Å². The van der Waals surface area contributed by atoms with Crippen molar-refractivity contribution in [2.24, 2.45) is 0 Å². The first-order valence-electron chi connectivity index (χ1n) is 8.74. The first-order valence-corrected chi connectivity index (χ1v) is 8.74. The molecule has 0 radical (unpaired) electrons. The number of ether oxygens (including phenoxy) is 5. The van der Waals surface area contributed by atoms with Gasteiger partial charge in [0, 0.05) is 0 Å². The first kappa shape index (κ1) is 24.8. The monoisotopic (exact) mass is 390 g/mol. The van der Waals surface area contributed by atoms with Crippen LogP contribution in [-0.2, 0) is 42.9 Å². The van der Waals surface area contributed by atoms with Crippen LogP contribution >= 0.6 is 0 Å². The molecule has 0 N–H and O–H groups in total. The molecule has 0 aliphatic rings. The highest BCUT2D eigenvalue weighted by Gasteiger charge is 2.30. The van der Waals surface area contributed by atoms with Crippen molar-refractivity contribution in [3.63, 3.8) is 0 Å². The summed E-state index contributed by atoms with van der Waals surface area (Å²) in [5.74, 6) is -3.30. The highest BCUT2D eigenvalue weighted by molar-refractivity contribution is 5.85. The number of esters is 4. The van der Waals surface area contributed by atoms with Crippen molar-refractivity contribution in [2.75, 3.05) is 6.61 Å². The number of carbonyl (C=O) groups excluding carboxylic acids is 4. The SMILES string of the molecule is CCOC(=O)C(C)OC(=O)C(C)OC(=O)C(C)OC(=O)C(C)OC(C)(C)C. The van der Waals surface area contributed by atoms with E-state index in [4.69, 9.17) is 23.7 Å². The molecule has 0 saturated heterocycles. The van der Waals surface area contributed by atoms with Crippen LogP contribution in [0.4, 0.5) is 0 Å². The Bertz CT molecular complexity index is 535. The molecule has 4 atom stereocenters. The van der Waals surface area contributed by atoms with Gasteiger partial charge in [0.05, 0.1) is 12.2 Å². The van der Waals surface area contributed by atoms with Crippen LogP contribution in [0.3, 0.4) is 0 Å². The molecule has 0 saturated carbocycles. The third kappa shape index (κ3) is 9.93. The topological polar surface area (TPSA) is 114 Å². The third-order valence-electron chi connectivity index (χ3n) is 3.02. The molecule has 9 nitrogen and oxygen atoms in total. The molecule has 0 aliphatic heterocycles. The second kappa shape index (κ2) is 10.9. The predicted octanol–water partition coefficient (Wildman–Crippen LogP) is 1.55. The van der Waals surface area contributed by atoms with Crippen molar-refractivity contribution in [3.05, 3.63) is 0 Å². The van der Waals surface area contributed by atoms with Crippen molar-refractivity contribution in [1.82, 2.24) is 0 Å². The Hall–Kier alpha value is -2.16. The Morgan fingerprint density at radius 3 is 1.33 bits per heavy atom. The van der Waals surface area contributed by atoms with Gasteiger partial charge >= 0.3 is 23.9 Å². The summed E-state index contributed by atoms with van der Waals surface area (Å²) >= 11 is 0. The zero-order valence-corrected chi connectivity index (χ0v) is 17.2. The molecular weight excluding hydrogens is 360 g/mol. The number of carbonyl (C=O) groups is 4. The fourth-order valence-electron chi connectivity index (χ4n) is 1.79. The molecule has 27 heavy (non-hydrogen) atoms. The Morgan fingerprint density at radius 2 is 1.00 bits per heavy atom. The molecule has 0 rings (SSSR count). The van der Waals surface area contributed by atoms with Gasteiger partial charge in [-0.05, 0) is 55.4 Å². The summed E-state index contributed by atoms with van der Waals surface area (Å²) in [7, 11) is 0. The van der Waals surface area contributed by atoms with Crippen LogP contribution < -0.4 is 0 Å².